The SMILES string of the molecule is CCc1nc(CCNc2cnc(C(=O)O)cn2)cs1. The molecule has 0 radical (unpaired) electrons. The van der Waals surface area contributed by atoms with Crippen LogP contribution in [0.4, 0.5) is 5.82 Å². The Labute approximate surface area is 114 Å². The molecule has 0 saturated carbocycles. The van der Waals surface area contributed by atoms with Crippen LogP contribution in [0.25, 0.3) is 0 Å². The molecule has 2 N–H and O–H groups in total. The number of aryl methyl sites for hydroxylation is 1. The molecular formula is C12H14N4O2S. The molecule has 2 rings (SSSR count). The molecule has 0 saturated heterocycles. The van der Waals surface area contributed by atoms with Crippen molar-refractivity contribution < 1.29 is 9.90 Å². The smallest absolute Gasteiger partial charge is 0.356 e. The maximum atomic E-state index is 10.6. The number of carboxylic acid groups (broad SMARTS) is 1. The predicted molar refractivity (Wildman–Crippen MR) is 72.7 cm³/mol. The Balaban J connectivity index is 1.83. The monoisotopic (exact) mass is 278 g/mol. The van der Waals surface area contributed by atoms with Gasteiger partial charge in [-0.15, -0.1) is 11.3 Å². The van der Waals surface area contributed by atoms with Gasteiger partial charge in [0.2, 0.25) is 0 Å². The van der Waals surface area contributed by atoms with Crippen LogP contribution in [0.3, 0.4) is 0 Å². The molecule has 2 aromatic heterocycles. The highest BCUT2D eigenvalue weighted by Crippen LogP contribution is 2.10. The summed E-state index contributed by atoms with van der Waals surface area (Å²) < 4.78 is 0. The Kier molecular flexibility index (Phi) is 4.40. The summed E-state index contributed by atoms with van der Waals surface area (Å²) in [6, 6.07) is 0. The van der Waals surface area contributed by atoms with Crippen LogP contribution < -0.4 is 5.32 Å². The second kappa shape index (κ2) is 6.24. The molecule has 0 aliphatic carbocycles. The summed E-state index contributed by atoms with van der Waals surface area (Å²) in [5.41, 5.74) is 1.00. The van der Waals surface area contributed by atoms with Crippen LogP contribution in [0.2, 0.25) is 0 Å². The van der Waals surface area contributed by atoms with Gasteiger partial charge in [-0.3, -0.25) is 0 Å². The number of carbonyl (C=O) groups is 1. The lowest BCUT2D eigenvalue weighted by molar-refractivity contribution is 0.0690. The van der Waals surface area contributed by atoms with Crippen molar-refractivity contribution >= 4 is 23.1 Å². The molecule has 0 fully saturated rings. The van der Waals surface area contributed by atoms with Gasteiger partial charge in [0, 0.05) is 18.3 Å². The standard InChI is InChI=1S/C12H14N4O2S/c1-2-11-16-8(7-19-11)3-4-13-10-6-14-9(5-15-10)12(17)18/h5-7H,2-4H2,1H3,(H,13,15)(H,17,18). The van der Waals surface area contributed by atoms with Gasteiger partial charge >= 0.3 is 5.97 Å². The Hall–Kier alpha value is -2.02. The fourth-order valence-electron chi connectivity index (χ4n) is 1.47. The summed E-state index contributed by atoms with van der Waals surface area (Å²) >= 11 is 1.67. The van der Waals surface area contributed by atoms with Gasteiger partial charge in [0.1, 0.15) is 5.82 Å². The molecule has 0 aliphatic rings. The van der Waals surface area contributed by atoms with E-state index in [0.29, 0.717) is 12.4 Å². The van der Waals surface area contributed by atoms with Crippen molar-refractivity contribution in [1.29, 1.82) is 0 Å². The summed E-state index contributed by atoms with van der Waals surface area (Å²) in [6.07, 6.45) is 4.42. The molecule has 7 heteroatoms. The van der Waals surface area contributed by atoms with E-state index in [-0.39, 0.29) is 5.69 Å². The molecule has 2 aromatic rings. The van der Waals surface area contributed by atoms with E-state index in [0.717, 1.165) is 23.5 Å². The third-order valence-electron chi connectivity index (χ3n) is 2.46. The van der Waals surface area contributed by atoms with Crippen LogP contribution in [0, 0.1) is 0 Å². The van der Waals surface area contributed by atoms with E-state index in [1.165, 1.54) is 12.4 Å². The highest BCUT2D eigenvalue weighted by atomic mass is 32.1. The lowest BCUT2D eigenvalue weighted by Crippen LogP contribution is -2.08. The number of rotatable bonds is 6. The van der Waals surface area contributed by atoms with Crippen molar-refractivity contribution in [2.24, 2.45) is 0 Å². The van der Waals surface area contributed by atoms with Crippen LogP contribution in [-0.2, 0) is 12.8 Å². The molecule has 100 valence electrons. The van der Waals surface area contributed by atoms with Crippen molar-refractivity contribution in [3.8, 4) is 0 Å². The van der Waals surface area contributed by atoms with E-state index in [9.17, 15) is 4.79 Å². The molecular weight excluding hydrogens is 264 g/mol. The van der Waals surface area contributed by atoms with E-state index < -0.39 is 5.97 Å². The first-order valence-corrected chi connectivity index (χ1v) is 6.79. The Morgan fingerprint density at radius 3 is 2.84 bits per heavy atom. The van der Waals surface area contributed by atoms with Gasteiger partial charge in [-0.05, 0) is 6.42 Å². The minimum atomic E-state index is -1.08. The summed E-state index contributed by atoms with van der Waals surface area (Å²) in [5, 5.41) is 15.0. The van der Waals surface area contributed by atoms with Crippen LogP contribution in [0.5, 0.6) is 0 Å². The van der Waals surface area contributed by atoms with E-state index in [4.69, 9.17) is 5.11 Å². The zero-order valence-electron chi connectivity index (χ0n) is 10.5. The molecule has 0 aliphatic heterocycles. The van der Waals surface area contributed by atoms with Gasteiger partial charge in [0.25, 0.3) is 0 Å². The molecule has 0 unspecified atom stereocenters. The zero-order valence-corrected chi connectivity index (χ0v) is 11.3. The fraction of sp³-hybridized carbons (Fsp3) is 0.333. The Morgan fingerprint density at radius 1 is 1.42 bits per heavy atom. The van der Waals surface area contributed by atoms with Crippen LogP contribution in [0.1, 0.15) is 28.1 Å². The quantitative estimate of drug-likeness (QED) is 0.838. The second-order valence-corrected chi connectivity index (χ2v) is 4.80. The summed E-state index contributed by atoms with van der Waals surface area (Å²) in [6.45, 7) is 2.77. The van der Waals surface area contributed by atoms with E-state index in [2.05, 4.69) is 32.6 Å². The third kappa shape index (κ3) is 3.72. The molecule has 0 amide bonds. The number of thiazole rings is 1. The normalized spacial score (nSPS) is 10.4. The topological polar surface area (TPSA) is 88.0 Å². The molecule has 0 bridgehead atoms. The number of aromatic carboxylic acids is 1. The van der Waals surface area contributed by atoms with E-state index in [1.807, 2.05) is 0 Å². The van der Waals surface area contributed by atoms with Crippen molar-refractivity contribution in [3.63, 3.8) is 0 Å². The number of nitrogens with one attached hydrogen (secondary N) is 1. The molecule has 0 aromatic carbocycles. The van der Waals surface area contributed by atoms with Crippen molar-refractivity contribution in [2.45, 2.75) is 19.8 Å². The Bertz CT molecular complexity index is 553. The van der Waals surface area contributed by atoms with Crippen molar-refractivity contribution in [3.05, 3.63) is 34.2 Å². The lowest BCUT2D eigenvalue weighted by atomic mass is 10.3. The number of aromatic nitrogens is 3. The number of carboxylic acids is 1. The van der Waals surface area contributed by atoms with E-state index in [1.54, 1.807) is 11.3 Å². The molecule has 0 atom stereocenters. The van der Waals surface area contributed by atoms with Crippen LogP contribution in [0.15, 0.2) is 17.8 Å². The highest BCUT2D eigenvalue weighted by molar-refractivity contribution is 7.09. The van der Waals surface area contributed by atoms with Crippen LogP contribution in [-0.4, -0.2) is 32.6 Å². The lowest BCUT2D eigenvalue weighted by Gasteiger charge is -2.03. The number of hydrogen-bond acceptors (Lipinski definition) is 6. The first-order chi connectivity index (χ1) is 9.19. The summed E-state index contributed by atoms with van der Waals surface area (Å²) in [4.78, 5) is 22.8. The van der Waals surface area contributed by atoms with E-state index >= 15 is 0 Å². The number of anilines is 1. The van der Waals surface area contributed by atoms with Crippen molar-refractivity contribution in [1.82, 2.24) is 15.0 Å². The van der Waals surface area contributed by atoms with Gasteiger partial charge in [0.15, 0.2) is 5.69 Å². The highest BCUT2D eigenvalue weighted by Gasteiger charge is 2.05. The first-order valence-electron chi connectivity index (χ1n) is 5.91. The maximum absolute atomic E-state index is 10.6. The average Bonchev–Trinajstić information content (AvgIpc) is 2.87. The van der Waals surface area contributed by atoms with Gasteiger partial charge in [-0.1, -0.05) is 6.92 Å². The molecule has 19 heavy (non-hydrogen) atoms. The van der Waals surface area contributed by atoms with Gasteiger partial charge in [0.05, 0.1) is 23.1 Å². The molecule has 2 heterocycles. The largest absolute Gasteiger partial charge is 0.476 e. The fourth-order valence-corrected chi connectivity index (χ4v) is 2.25. The number of nitrogens with zero attached hydrogens (tertiary/aromatic N) is 3. The third-order valence-corrected chi connectivity index (χ3v) is 3.50. The van der Waals surface area contributed by atoms with Crippen molar-refractivity contribution in [2.75, 3.05) is 11.9 Å². The Morgan fingerprint density at radius 2 is 2.26 bits per heavy atom. The maximum Gasteiger partial charge on any atom is 0.356 e. The van der Waals surface area contributed by atoms with Gasteiger partial charge < -0.3 is 10.4 Å². The predicted octanol–water partition coefficient (Wildman–Crippen LogP) is 1.85. The molecule has 0 spiro atoms. The van der Waals surface area contributed by atoms with Gasteiger partial charge in [-0.25, -0.2) is 19.7 Å². The minimum absolute atomic E-state index is 0.0577. The van der Waals surface area contributed by atoms with Gasteiger partial charge in [-0.2, -0.15) is 0 Å². The summed E-state index contributed by atoms with van der Waals surface area (Å²) in [5.74, 6) is -0.510. The first kappa shape index (κ1) is 13.4. The second-order valence-electron chi connectivity index (χ2n) is 3.85. The van der Waals surface area contributed by atoms with Crippen LogP contribution >= 0.6 is 11.3 Å². The number of hydrogen-bond donors (Lipinski definition) is 2. The zero-order chi connectivity index (χ0) is 13.7. The molecule has 6 nitrogen and oxygen atoms in total. The minimum Gasteiger partial charge on any atom is -0.476 e. The average molecular weight is 278 g/mol. The summed E-state index contributed by atoms with van der Waals surface area (Å²) in [7, 11) is 0.